The number of anilines is 2. The van der Waals surface area contributed by atoms with Crippen molar-refractivity contribution in [2.24, 2.45) is 0 Å². The van der Waals surface area contributed by atoms with E-state index in [2.05, 4.69) is 5.32 Å². The van der Waals surface area contributed by atoms with Crippen LogP contribution in [0.5, 0.6) is 0 Å². The van der Waals surface area contributed by atoms with Crippen molar-refractivity contribution in [3.8, 4) is 0 Å². The van der Waals surface area contributed by atoms with Crippen LogP contribution in [0.3, 0.4) is 0 Å². The van der Waals surface area contributed by atoms with Gasteiger partial charge in [-0.2, -0.15) is 0 Å². The van der Waals surface area contributed by atoms with Gasteiger partial charge >= 0.3 is 5.97 Å². The fourth-order valence-electron chi connectivity index (χ4n) is 1.95. The van der Waals surface area contributed by atoms with Gasteiger partial charge in [-0.15, -0.1) is 0 Å². The van der Waals surface area contributed by atoms with Crippen molar-refractivity contribution in [1.29, 1.82) is 0 Å². The zero-order valence-electron chi connectivity index (χ0n) is 10.1. The van der Waals surface area contributed by atoms with Crippen LogP contribution in [-0.4, -0.2) is 38.6 Å². The number of benzene rings is 1. The molecule has 1 heterocycles. The third-order valence-electron chi connectivity index (χ3n) is 2.80. The maximum atomic E-state index is 11.7. The van der Waals surface area contributed by atoms with Crippen molar-refractivity contribution in [1.82, 2.24) is 5.32 Å². The molecule has 0 spiro atoms. The molecule has 0 saturated carbocycles. The molecule has 96 valence electrons. The molecule has 0 aromatic heterocycles. The predicted molar refractivity (Wildman–Crippen MR) is 67.4 cm³/mol. The molecule has 1 amide bonds. The van der Waals surface area contributed by atoms with E-state index in [1.807, 2.05) is 4.90 Å². The number of nitrogens with zero attached hydrogens (tertiary/aromatic N) is 1. The molecule has 1 saturated heterocycles. The van der Waals surface area contributed by atoms with Gasteiger partial charge in [0.05, 0.1) is 24.9 Å². The number of piperazine rings is 1. The van der Waals surface area contributed by atoms with Gasteiger partial charge in [0.2, 0.25) is 5.91 Å². The number of carbonyl (C=O) groups is 2. The van der Waals surface area contributed by atoms with Crippen LogP contribution < -0.4 is 16.0 Å². The number of methoxy groups -OCH3 is 1. The molecule has 1 aliphatic rings. The smallest absolute Gasteiger partial charge is 0.340 e. The van der Waals surface area contributed by atoms with Crippen LogP contribution in [-0.2, 0) is 9.53 Å². The first-order valence-corrected chi connectivity index (χ1v) is 5.61. The summed E-state index contributed by atoms with van der Waals surface area (Å²) in [5.74, 6) is -0.517. The van der Waals surface area contributed by atoms with Gasteiger partial charge in [-0.25, -0.2) is 4.79 Å². The molecular formula is C12H15N3O3. The highest BCUT2D eigenvalue weighted by Crippen LogP contribution is 2.24. The number of esters is 1. The van der Waals surface area contributed by atoms with Crippen molar-refractivity contribution < 1.29 is 14.3 Å². The number of nitrogens with one attached hydrogen (secondary N) is 1. The number of hydrogen-bond donors (Lipinski definition) is 2. The Morgan fingerprint density at radius 1 is 1.50 bits per heavy atom. The van der Waals surface area contributed by atoms with E-state index < -0.39 is 5.97 Å². The summed E-state index contributed by atoms with van der Waals surface area (Å²) < 4.78 is 4.73. The predicted octanol–water partition coefficient (Wildman–Crippen LogP) is -0.00840. The monoisotopic (exact) mass is 249 g/mol. The van der Waals surface area contributed by atoms with Crippen molar-refractivity contribution in [2.75, 3.05) is 37.4 Å². The Hall–Kier alpha value is -2.24. The van der Waals surface area contributed by atoms with Crippen LogP contribution in [0.15, 0.2) is 18.2 Å². The van der Waals surface area contributed by atoms with E-state index in [1.54, 1.807) is 18.2 Å². The summed E-state index contributed by atoms with van der Waals surface area (Å²) in [4.78, 5) is 24.9. The fourth-order valence-corrected chi connectivity index (χ4v) is 1.95. The number of rotatable bonds is 2. The second kappa shape index (κ2) is 4.95. The number of hydrogen-bond acceptors (Lipinski definition) is 5. The number of amides is 1. The SMILES string of the molecule is COC(=O)c1cc(N)ccc1N1CCNC(=O)C1. The van der Waals surface area contributed by atoms with Crippen LogP contribution in [0.4, 0.5) is 11.4 Å². The van der Waals surface area contributed by atoms with Crippen molar-refractivity contribution in [3.05, 3.63) is 23.8 Å². The van der Waals surface area contributed by atoms with Gasteiger partial charge in [-0.3, -0.25) is 4.79 Å². The molecule has 0 atom stereocenters. The van der Waals surface area contributed by atoms with Crippen LogP contribution in [0.1, 0.15) is 10.4 Å². The average Bonchev–Trinajstić information content (AvgIpc) is 2.37. The van der Waals surface area contributed by atoms with E-state index in [9.17, 15) is 9.59 Å². The molecule has 1 aliphatic heterocycles. The maximum absolute atomic E-state index is 11.7. The summed E-state index contributed by atoms with van der Waals surface area (Å²) in [7, 11) is 1.32. The quantitative estimate of drug-likeness (QED) is 0.569. The molecule has 0 aliphatic carbocycles. The van der Waals surface area contributed by atoms with E-state index in [0.717, 1.165) is 0 Å². The maximum Gasteiger partial charge on any atom is 0.340 e. The topological polar surface area (TPSA) is 84.7 Å². The van der Waals surface area contributed by atoms with Gasteiger partial charge in [-0.1, -0.05) is 0 Å². The summed E-state index contributed by atoms with van der Waals surface area (Å²) in [6.07, 6.45) is 0. The van der Waals surface area contributed by atoms with Gasteiger partial charge in [0.15, 0.2) is 0 Å². The Morgan fingerprint density at radius 3 is 2.94 bits per heavy atom. The molecule has 2 rings (SSSR count). The summed E-state index contributed by atoms with van der Waals surface area (Å²) >= 11 is 0. The van der Waals surface area contributed by atoms with Crippen molar-refractivity contribution in [2.45, 2.75) is 0 Å². The van der Waals surface area contributed by atoms with E-state index in [4.69, 9.17) is 10.5 Å². The minimum atomic E-state index is -0.455. The van der Waals surface area contributed by atoms with Gasteiger partial charge in [0, 0.05) is 18.8 Å². The number of nitrogen functional groups attached to an aromatic ring is 1. The van der Waals surface area contributed by atoms with Crippen LogP contribution >= 0.6 is 0 Å². The molecule has 3 N–H and O–H groups in total. The first-order valence-electron chi connectivity index (χ1n) is 5.61. The highest BCUT2D eigenvalue weighted by molar-refractivity contribution is 5.98. The fraction of sp³-hybridized carbons (Fsp3) is 0.333. The third-order valence-corrected chi connectivity index (χ3v) is 2.80. The Bertz CT molecular complexity index is 487. The molecule has 0 bridgehead atoms. The van der Waals surface area contributed by atoms with E-state index in [1.165, 1.54) is 7.11 Å². The van der Waals surface area contributed by atoms with Gasteiger partial charge < -0.3 is 20.7 Å². The highest BCUT2D eigenvalue weighted by Gasteiger charge is 2.22. The Balaban J connectivity index is 2.36. The molecular weight excluding hydrogens is 234 g/mol. The second-order valence-electron chi connectivity index (χ2n) is 4.04. The van der Waals surface area contributed by atoms with E-state index >= 15 is 0 Å². The lowest BCUT2D eigenvalue weighted by atomic mass is 10.1. The summed E-state index contributed by atoms with van der Waals surface area (Å²) in [5, 5.41) is 2.73. The van der Waals surface area contributed by atoms with E-state index in [0.29, 0.717) is 30.0 Å². The standard InChI is InChI=1S/C12H15N3O3/c1-18-12(17)9-6-8(13)2-3-10(9)15-5-4-14-11(16)7-15/h2-3,6H,4-5,7,13H2,1H3,(H,14,16). The normalized spacial score (nSPS) is 15.2. The van der Waals surface area contributed by atoms with Crippen LogP contribution in [0, 0.1) is 0 Å². The minimum Gasteiger partial charge on any atom is -0.465 e. The average molecular weight is 249 g/mol. The zero-order valence-corrected chi connectivity index (χ0v) is 10.1. The van der Waals surface area contributed by atoms with Crippen molar-refractivity contribution >= 4 is 23.3 Å². The molecule has 0 radical (unpaired) electrons. The highest BCUT2D eigenvalue weighted by atomic mass is 16.5. The molecule has 1 aromatic carbocycles. The molecule has 1 aromatic rings. The lowest BCUT2D eigenvalue weighted by Crippen LogP contribution is -2.48. The molecule has 0 unspecified atom stereocenters. The summed E-state index contributed by atoms with van der Waals surface area (Å²) in [6.45, 7) is 1.44. The Labute approximate surface area is 105 Å². The number of nitrogens with two attached hydrogens (primary N) is 1. The van der Waals surface area contributed by atoms with Gasteiger partial charge in [0.1, 0.15) is 0 Å². The summed E-state index contributed by atoms with van der Waals surface area (Å²) in [6, 6.07) is 5.00. The molecule has 6 heteroatoms. The number of carbonyl (C=O) groups excluding carboxylic acids is 2. The molecule has 6 nitrogen and oxygen atoms in total. The lowest BCUT2D eigenvalue weighted by molar-refractivity contribution is -0.120. The summed E-state index contributed by atoms with van der Waals surface area (Å²) in [5.41, 5.74) is 7.21. The van der Waals surface area contributed by atoms with Gasteiger partial charge in [-0.05, 0) is 18.2 Å². The molecule has 18 heavy (non-hydrogen) atoms. The van der Waals surface area contributed by atoms with Crippen molar-refractivity contribution in [3.63, 3.8) is 0 Å². The first-order chi connectivity index (χ1) is 8.61. The zero-order chi connectivity index (χ0) is 13.1. The largest absolute Gasteiger partial charge is 0.465 e. The molecule has 1 fully saturated rings. The second-order valence-corrected chi connectivity index (χ2v) is 4.04. The van der Waals surface area contributed by atoms with Crippen LogP contribution in [0.2, 0.25) is 0 Å². The first kappa shape index (κ1) is 12.2. The Kier molecular flexibility index (Phi) is 3.36. The third kappa shape index (κ3) is 2.37. The Morgan fingerprint density at radius 2 is 2.28 bits per heavy atom. The van der Waals surface area contributed by atoms with Crippen LogP contribution in [0.25, 0.3) is 0 Å². The lowest BCUT2D eigenvalue weighted by Gasteiger charge is -2.29. The van der Waals surface area contributed by atoms with Gasteiger partial charge in [0.25, 0.3) is 0 Å². The van der Waals surface area contributed by atoms with E-state index in [-0.39, 0.29) is 12.5 Å². The minimum absolute atomic E-state index is 0.0612. The number of ether oxygens (including phenoxy) is 1.